The Labute approximate surface area is 166 Å². The molecule has 4 rings (SSSR count). The molecule has 1 saturated heterocycles. The third kappa shape index (κ3) is 3.47. The molecule has 2 amide bonds. The van der Waals surface area contributed by atoms with Gasteiger partial charge in [0.2, 0.25) is 0 Å². The number of amides is 2. The van der Waals surface area contributed by atoms with Gasteiger partial charge in [-0.2, -0.15) is 0 Å². The maximum Gasteiger partial charge on any atom is 0.324 e. The summed E-state index contributed by atoms with van der Waals surface area (Å²) in [7, 11) is 1.77. The molecule has 0 radical (unpaired) electrons. The van der Waals surface area contributed by atoms with Gasteiger partial charge < -0.3 is 9.47 Å². The largest absolute Gasteiger partial charge is 0.324 e. The molecule has 2 aromatic rings. The van der Waals surface area contributed by atoms with E-state index >= 15 is 0 Å². The highest BCUT2D eigenvalue weighted by Crippen LogP contribution is 2.38. The molecule has 0 bridgehead atoms. The second-order valence-corrected chi connectivity index (χ2v) is 8.37. The van der Waals surface area contributed by atoms with Crippen LogP contribution in [0.25, 0.3) is 0 Å². The number of aromatic nitrogens is 3. The van der Waals surface area contributed by atoms with E-state index in [9.17, 15) is 4.79 Å². The van der Waals surface area contributed by atoms with Crippen LogP contribution >= 0.6 is 27.5 Å². The molecule has 1 aromatic carbocycles. The summed E-state index contributed by atoms with van der Waals surface area (Å²) in [6, 6.07) is 6.07. The van der Waals surface area contributed by atoms with Crippen LogP contribution in [0.1, 0.15) is 43.5 Å². The number of halogens is 2. The zero-order chi connectivity index (χ0) is 18.3. The molecule has 0 spiro atoms. The van der Waals surface area contributed by atoms with E-state index in [1.165, 1.54) is 12.8 Å². The Morgan fingerprint density at radius 3 is 2.88 bits per heavy atom. The fourth-order valence-electron chi connectivity index (χ4n) is 3.61. The number of piperidine rings is 1. The number of anilines is 1. The molecule has 2 aliphatic rings. The van der Waals surface area contributed by atoms with Crippen molar-refractivity contribution >= 4 is 39.2 Å². The highest BCUT2D eigenvalue weighted by atomic mass is 79.9. The Morgan fingerprint density at radius 1 is 1.35 bits per heavy atom. The van der Waals surface area contributed by atoms with E-state index in [2.05, 4.69) is 30.7 Å². The Morgan fingerprint density at radius 2 is 2.15 bits per heavy atom. The van der Waals surface area contributed by atoms with Crippen LogP contribution in [-0.2, 0) is 0 Å². The maximum absolute atomic E-state index is 13.0. The average molecular weight is 439 g/mol. The van der Waals surface area contributed by atoms with Crippen molar-refractivity contribution in [2.45, 2.75) is 37.6 Å². The van der Waals surface area contributed by atoms with E-state index in [1.807, 2.05) is 23.4 Å². The molecular formula is C18H21BrClN5O. The van der Waals surface area contributed by atoms with E-state index in [0.717, 1.165) is 29.7 Å². The number of hydrogen-bond acceptors (Lipinski definition) is 3. The molecule has 1 aliphatic carbocycles. The minimum absolute atomic E-state index is 0.0311. The van der Waals surface area contributed by atoms with Gasteiger partial charge in [0.05, 0.1) is 10.7 Å². The minimum atomic E-state index is -0.0311. The lowest BCUT2D eigenvalue weighted by Gasteiger charge is -2.35. The predicted octanol–water partition coefficient (Wildman–Crippen LogP) is 4.46. The van der Waals surface area contributed by atoms with E-state index in [0.29, 0.717) is 23.3 Å². The molecule has 1 atom stereocenters. The van der Waals surface area contributed by atoms with Crippen LogP contribution in [-0.4, -0.2) is 45.8 Å². The molecule has 2 heterocycles. The lowest BCUT2D eigenvalue weighted by molar-refractivity contribution is 0.185. The maximum atomic E-state index is 13.0. The Bertz CT molecular complexity index is 822. The van der Waals surface area contributed by atoms with Gasteiger partial charge in [-0.25, -0.2) is 4.79 Å². The SMILES string of the molecule is CN(C(=O)N1CCCC(c2nncn2C2CC2)C1)c1ccc(Br)cc1Cl. The molecule has 2 fully saturated rings. The van der Waals surface area contributed by atoms with Crippen LogP contribution < -0.4 is 4.90 Å². The molecule has 8 heteroatoms. The average Bonchev–Trinajstić information content (AvgIpc) is 3.37. The molecular weight excluding hydrogens is 418 g/mol. The van der Waals surface area contributed by atoms with Crippen molar-refractivity contribution in [2.24, 2.45) is 0 Å². The molecule has 1 aliphatic heterocycles. The molecule has 1 aromatic heterocycles. The topological polar surface area (TPSA) is 54.3 Å². The van der Waals surface area contributed by atoms with Gasteiger partial charge in [0.1, 0.15) is 12.2 Å². The molecule has 6 nitrogen and oxygen atoms in total. The van der Waals surface area contributed by atoms with E-state index in [-0.39, 0.29) is 11.9 Å². The fraction of sp³-hybridized carbons (Fsp3) is 0.500. The fourth-order valence-corrected chi connectivity index (χ4v) is 4.41. The number of benzene rings is 1. The van der Waals surface area contributed by atoms with Gasteiger partial charge in [0.15, 0.2) is 0 Å². The van der Waals surface area contributed by atoms with Crippen LogP contribution in [0.4, 0.5) is 10.5 Å². The molecule has 1 unspecified atom stereocenters. The number of hydrogen-bond donors (Lipinski definition) is 0. The van der Waals surface area contributed by atoms with Gasteiger partial charge in [-0.3, -0.25) is 4.90 Å². The second-order valence-electron chi connectivity index (χ2n) is 7.05. The van der Waals surface area contributed by atoms with Gasteiger partial charge in [-0.15, -0.1) is 10.2 Å². The Hall–Kier alpha value is -1.60. The van der Waals surface area contributed by atoms with Crippen molar-refractivity contribution in [3.05, 3.63) is 39.8 Å². The van der Waals surface area contributed by atoms with E-state index < -0.39 is 0 Å². The first kappa shape index (κ1) is 17.8. The van der Waals surface area contributed by atoms with Gasteiger partial charge >= 0.3 is 6.03 Å². The highest BCUT2D eigenvalue weighted by Gasteiger charge is 2.33. The lowest BCUT2D eigenvalue weighted by atomic mass is 9.97. The van der Waals surface area contributed by atoms with Crippen molar-refractivity contribution in [1.82, 2.24) is 19.7 Å². The molecule has 26 heavy (non-hydrogen) atoms. The van der Waals surface area contributed by atoms with Gasteiger partial charge in [0, 0.05) is 36.6 Å². The number of urea groups is 1. The Balaban J connectivity index is 1.50. The van der Waals surface area contributed by atoms with Crippen molar-refractivity contribution < 1.29 is 4.79 Å². The van der Waals surface area contributed by atoms with Crippen molar-refractivity contribution in [1.29, 1.82) is 0 Å². The van der Waals surface area contributed by atoms with Crippen LogP contribution in [0.15, 0.2) is 29.0 Å². The summed E-state index contributed by atoms with van der Waals surface area (Å²) in [5, 5.41) is 9.02. The zero-order valence-corrected chi connectivity index (χ0v) is 16.9. The highest BCUT2D eigenvalue weighted by molar-refractivity contribution is 9.10. The molecule has 138 valence electrons. The summed E-state index contributed by atoms with van der Waals surface area (Å²) < 4.78 is 3.10. The quantitative estimate of drug-likeness (QED) is 0.711. The van der Waals surface area contributed by atoms with Crippen molar-refractivity contribution in [2.75, 3.05) is 25.0 Å². The lowest BCUT2D eigenvalue weighted by Crippen LogP contribution is -2.46. The van der Waals surface area contributed by atoms with Crippen molar-refractivity contribution in [3.8, 4) is 0 Å². The number of nitrogens with zero attached hydrogens (tertiary/aromatic N) is 5. The minimum Gasteiger partial charge on any atom is -0.324 e. The first-order chi connectivity index (χ1) is 12.5. The monoisotopic (exact) mass is 437 g/mol. The third-order valence-corrected chi connectivity index (χ3v) is 5.95. The summed E-state index contributed by atoms with van der Waals surface area (Å²) in [6.07, 6.45) is 6.24. The summed E-state index contributed by atoms with van der Waals surface area (Å²) >= 11 is 9.71. The second kappa shape index (κ2) is 7.19. The van der Waals surface area contributed by atoms with Gasteiger partial charge in [-0.05, 0) is 43.9 Å². The first-order valence-corrected chi connectivity index (χ1v) is 10.1. The van der Waals surface area contributed by atoms with Crippen molar-refractivity contribution in [3.63, 3.8) is 0 Å². The summed E-state index contributed by atoms with van der Waals surface area (Å²) in [4.78, 5) is 16.5. The smallest absolute Gasteiger partial charge is 0.324 e. The zero-order valence-electron chi connectivity index (χ0n) is 14.6. The number of carbonyl (C=O) groups excluding carboxylic acids is 1. The number of rotatable bonds is 3. The summed E-state index contributed by atoms with van der Waals surface area (Å²) in [6.45, 7) is 1.42. The predicted molar refractivity (Wildman–Crippen MR) is 105 cm³/mol. The summed E-state index contributed by atoms with van der Waals surface area (Å²) in [5.74, 6) is 1.26. The van der Waals surface area contributed by atoms with Crippen LogP contribution in [0.2, 0.25) is 5.02 Å². The van der Waals surface area contributed by atoms with Gasteiger partial charge in [0.25, 0.3) is 0 Å². The third-order valence-electron chi connectivity index (χ3n) is 5.16. The van der Waals surface area contributed by atoms with Crippen LogP contribution in [0.3, 0.4) is 0 Å². The summed E-state index contributed by atoms with van der Waals surface area (Å²) in [5.41, 5.74) is 0.711. The number of carbonyl (C=O) groups is 1. The van der Waals surface area contributed by atoms with Crippen LogP contribution in [0, 0.1) is 0 Å². The number of likely N-dealkylation sites (tertiary alicyclic amines) is 1. The Kier molecular flexibility index (Phi) is 4.92. The van der Waals surface area contributed by atoms with E-state index in [1.54, 1.807) is 18.0 Å². The standard InChI is InChI=1S/C18H21BrClN5O/c1-23(16-7-4-13(19)9-15(16)20)18(26)24-8-2-3-12(10-24)17-22-21-11-25(17)14-5-6-14/h4,7,9,11-12,14H,2-3,5-6,8,10H2,1H3. The van der Waals surface area contributed by atoms with Gasteiger partial charge in [-0.1, -0.05) is 27.5 Å². The van der Waals surface area contributed by atoms with Crippen LogP contribution in [0.5, 0.6) is 0 Å². The molecule has 1 saturated carbocycles. The normalized spacial score (nSPS) is 20.3. The molecule has 0 N–H and O–H groups in total. The van der Waals surface area contributed by atoms with E-state index in [4.69, 9.17) is 11.6 Å². The first-order valence-electron chi connectivity index (χ1n) is 8.91.